The molecule has 5 nitrogen and oxygen atoms in total. The molecule has 0 aliphatic carbocycles. The van der Waals surface area contributed by atoms with E-state index >= 15 is 0 Å². The van der Waals surface area contributed by atoms with Gasteiger partial charge in [0, 0.05) is 18.8 Å². The van der Waals surface area contributed by atoms with E-state index in [9.17, 15) is 8.42 Å². The van der Waals surface area contributed by atoms with Gasteiger partial charge >= 0.3 is 0 Å². The van der Waals surface area contributed by atoms with E-state index in [1.54, 1.807) is 12.1 Å². The van der Waals surface area contributed by atoms with Gasteiger partial charge in [0.1, 0.15) is 0 Å². The van der Waals surface area contributed by atoms with Gasteiger partial charge in [0.25, 0.3) is 0 Å². The van der Waals surface area contributed by atoms with Crippen LogP contribution in [0.3, 0.4) is 0 Å². The molecule has 0 aliphatic heterocycles. The lowest BCUT2D eigenvalue weighted by Crippen LogP contribution is -2.34. The van der Waals surface area contributed by atoms with Crippen molar-refractivity contribution in [2.45, 2.75) is 18.7 Å². The Hall–Kier alpha value is -0.530. The number of nitrogens with one attached hydrogen (secondary N) is 1. The Morgan fingerprint density at radius 2 is 1.60 bits per heavy atom. The van der Waals surface area contributed by atoms with Gasteiger partial charge in [-0.05, 0) is 37.4 Å². The molecule has 118 valence electrons. The SMILES string of the molecule is CCN(CC)CCNS(=O)(=O)c1ccc(N)cc1.Cl.Cl. The van der Waals surface area contributed by atoms with Crippen LogP contribution in [0.15, 0.2) is 29.2 Å². The van der Waals surface area contributed by atoms with E-state index in [4.69, 9.17) is 5.73 Å². The van der Waals surface area contributed by atoms with Crippen molar-refractivity contribution in [1.82, 2.24) is 9.62 Å². The van der Waals surface area contributed by atoms with Crippen molar-refractivity contribution in [2.75, 3.05) is 31.9 Å². The van der Waals surface area contributed by atoms with E-state index in [1.165, 1.54) is 12.1 Å². The summed E-state index contributed by atoms with van der Waals surface area (Å²) in [4.78, 5) is 2.40. The van der Waals surface area contributed by atoms with E-state index in [2.05, 4.69) is 23.5 Å². The second-order valence-corrected chi connectivity index (χ2v) is 5.76. The van der Waals surface area contributed by atoms with Crippen LogP contribution in [0.25, 0.3) is 0 Å². The number of hydrogen-bond donors (Lipinski definition) is 2. The highest BCUT2D eigenvalue weighted by Gasteiger charge is 2.13. The fourth-order valence-electron chi connectivity index (χ4n) is 1.61. The Bertz CT molecular complexity index is 462. The third-order valence-corrected chi connectivity index (χ3v) is 4.28. The number of nitrogen functional groups attached to an aromatic ring is 1. The molecular formula is C12H23Cl2N3O2S. The van der Waals surface area contributed by atoms with E-state index < -0.39 is 10.0 Å². The number of rotatable bonds is 7. The minimum absolute atomic E-state index is 0. The van der Waals surface area contributed by atoms with Crippen LogP contribution >= 0.6 is 24.8 Å². The average molecular weight is 344 g/mol. The monoisotopic (exact) mass is 343 g/mol. The molecular weight excluding hydrogens is 321 g/mol. The number of nitrogens with two attached hydrogens (primary N) is 1. The van der Waals surface area contributed by atoms with Crippen LogP contribution in [0.2, 0.25) is 0 Å². The molecule has 0 aliphatic rings. The van der Waals surface area contributed by atoms with Crippen molar-refractivity contribution in [3.63, 3.8) is 0 Å². The molecule has 3 N–H and O–H groups in total. The maximum absolute atomic E-state index is 11.9. The Kier molecular flexibility index (Phi) is 11.1. The first-order chi connectivity index (χ1) is 8.49. The highest BCUT2D eigenvalue weighted by atomic mass is 35.5. The first-order valence-corrected chi connectivity index (χ1v) is 7.55. The summed E-state index contributed by atoms with van der Waals surface area (Å²) in [5.41, 5.74) is 6.08. The van der Waals surface area contributed by atoms with Crippen molar-refractivity contribution in [2.24, 2.45) is 0 Å². The number of nitrogens with zero attached hydrogens (tertiary/aromatic N) is 1. The van der Waals surface area contributed by atoms with Gasteiger partial charge < -0.3 is 10.6 Å². The summed E-state index contributed by atoms with van der Waals surface area (Å²) in [6, 6.07) is 6.18. The third kappa shape index (κ3) is 6.76. The molecule has 0 aromatic heterocycles. The summed E-state index contributed by atoms with van der Waals surface area (Å²) < 4.78 is 26.4. The fourth-order valence-corrected chi connectivity index (χ4v) is 2.63. The number of sulfonamides is 1. The largest absolute Gasteiger partial charge is 0.399 e. The molecule has 1 aromatic rings. The quantitative estimate of drug-likeness (QED) is 0.739. The zero-order valence-corrected chi connectivity index (χ0v) is 14.2. The first-order valence-electron chi connectivity index (χ1n) is 6.07. The van der Waals surface area contributed by atoms with Crippen molar-refractivity contribution < 1.29 is 8.42 Å². The van der Waals surface area contributed by atoms with Crippen molar-refractivity contribution in [3.05, 3.63) is 24.3 Å². The summed E-state index contributed by atoms with van der Waals surface area (Å²) >= 11 is 0. The van der Waals surface area contributed by atoms with E-state index in [1.807, 2.05) is 0 Å². The van der Waals surface area contributed by atoms with Gasteiger partial charge in [0.05, 0.1) is 4.90 Å². The van der Waals surface area contributed by atoms with E-state index in [0.717, 1.165) is 13.1 Å². The molecule has 0 atom stereocenters. The number of anilines is 1. The molecule has 20 heavy (non-hydrogen) atoms. The second kappa shape index (κ2) is 10.2. The van der Waals surface area contributed by atoms with Gasteiger partial charge in [-0.1, -0.05) is 13.8 Å². The highest BCUT2D eigenvalue weighted by Crippen LogP contribution is 2.10. The highest BCUT2D eigenvalue weighted by molar-refractivity contribution is 7.89. The number of benzene rings is 1. The lowest BCUT2D eigenvalue weighted by Gasteiger charge is -2.18. The second-order valence-electron chi connectivity index (χ2n) is 3.99. The van der Waals surface area contributed by atoms with Crippen LogP contribution in [-0.4, -0.2) is 39.5 Å². The standard InChI is InChI=1S/C12H21N3O2S.2ClH/c1-3-15(4-2)10-9-14-18(16,17)12-7-5-11(13)6-8-12;;/h5-8,14H,3-4,9-10,13H2,1-2H3;2*1H. The van der Waals surface area contributed by atoms with Gasteiger partial charge in [-0.15, -0.1) is 24.8 Å². The molecule has 0 amide bonds. The summed E-state index contributed by atoms with van der Waals surface area (Å²) in [5, 5.41) is 0. The molecule has 0 heterocycles. The van der Waals surface area contributed by atoms with Crippen LogP contribution in [0, 0.1) is 0 Å². The molecule has 8 heteroatoms. The Labute approximate surface area is 133 Å². The molecule has 0 unspecified atom stereocenters. The number of likely N-dealkylation sites (N-methyl/N-ethyl adjacent to an activating group) is 1. The topological polar surface area (TPSA) is 75.4 Å². The van der Waals surface area contributed by atoms with Gasteiger partial charge in [-0.2, -0.15) is 0 Å². The minimum atomic E-state index is -3.42. The van der Waals surface area contributed by atoms with Crippen molar-refractivity contribution in [1.29, 1.82) is 0 Å². The smallest absolute Gasteiger partial charge is 0.240 e. The molecule has 1 rings (SSSR count). The Morgan fingerprint density at radius 1 is 1.10 bits per heavy atom. The van der Waals surface area contributed by atoms with Crippen molar-refractivity contribution >= 4 is 40.5 Å². The zero-order chi connectivity index (χ0) is 13.6. The molecule has 0 fully saturated rings. The predicted octanol–water partition coefficient (Wildman–Crippen LogP) is 1.73. The Morgan fingerprint density at radius 3 is 2.05 bits per heavy atom. The normalized spacial score (nSPS) is 10.8. The third-order valence-electron chi connectivity index (χ3n) is 2.80. The van der Waals surface area contributed by atoms with Crippen molar-refractivity contribution in [3.8, 4) is 0 Å². The molecule has 1 aromatic carbocycles. The molecule has 0 bridgehead atoms. The van der Waals surface area contributed by atoms with E-state index in [-0.39, 0.29) is 29.7 Å². The maximum atomic E-state index is 11.9. The summed E-state index contributed by atoms with van der Waals surface area (Å²) in [7, 11) is -3.42. The predicted molar refractivity (Wildman–Crippen MR) is 88.3 cm³/mol. The number of halogens is 2. The van der Waals surface area contributed by atoms with E-state index in [0.29, 0.717) is 18.8 Å². The number of hydrogen-bond acceptors (Lipinski definition) is 4. The molecule has 0 saturated heterocycles. The molecule has 0 saturated carbocycles. The molecule has 0 spiro atoms. The van der Waals surface area contributed by atoms with Gasteiger partial charge in [0.2, 0.25) is 10.0 Å². The van der Waals surface area contributed by atoms with Crippen LogP contribution in [-0.2, 0) is 10.0 Å². The van der Waals surface area contributed by atoms with Gasteiger partial charge in [0.15, 0.2) is 0 Å². The molecule has 0 radical (unpaired) electrons. The van der Waals surface area contributed by atoms with Crippen LogP contribution < -0.4 is 10.5 Å². The zero-order valence-electron chi connectivity index (χ0n) is 11.7. The summed E-state index contributed by atoms with van der Waals surface area (Å²) in [6.07, 6.45) is 0. The Balaban J connectivity index is 0. The van der Waals surface area contributed by atoms with Gasteiger partial charge in [-0.3, -0.25) is 0 Å². The fraction of sp³-hybridized carbons (Fsp3) is 0.500. The van der Waals surface area contributed by atoms with Crippen LogP contribution in [0.1, 0.15) is 13.8 Å². The maximum Gasteiger partial charge on any atom is 0.240 e. The lowest BCUT2D eigenvalue weighted by molar-refractivity contribution is 0.309. The van der Waals surface area contributed by atoms with Crippen LogP contribution in [0.4, 0.5) is 5.69 Å². The lowest BCUT2D eigenvalue weighted by atomic mass is 10.3. The summed E-state index contributed by atoms with van der Waals surface area (Å²) in [6.45, 7) is 7.06. The summed E-state index contributed by atoms with van der Waals surface area (Å²) in [5.74, 6) is 0. The first kappa shape index (κ1) is 21.8. The minimum Gasteiger partial charge on any atom is -0.399 e. The van der Waals surface area contributed by atoms with Gasteiger partial charge in [-0.25, -0.2) is 13.1 Å². The van der Waals surface area contributed by atoms with Crippen LogP contribution in [0.5, 0.6) is 0 Å². The average Bonchev–Trinajstić information content (AvgIpc) is 2.35.